The minimum absolute atomic E-state index is 0.176. The van der Waals surface area contributed by atoms with Crippen LogP contribution in [0.25, 0.3) is 33.6 Å². The maximum absolute atomic E-state index is 13.3. The number of benzene rings is 3. The number of pyridine rings is 1. The molecule has 0 unspecified atom stereocenters. The van der Waals surface area contributed by atoms with Crippen molar-refractivity contribution in [2.45, 2.75) is 0 Å². The molecule has 3 heteroatoms. The third-order valence-corrected chi connectivity index (χ3v) is 4.25. The lowest BCUT2D eigenvalue weighted by atomic mass is 9.99. The van der Waals surface area contributed by atoms with Crippen LogP contribution in [0.5, 0.6) is 5.75 Å². The van der Waals surface area contributed by atoms with Gasteiger partial charge in [0.2, 0.25) is 0 Å². The molecule has 0 saturated heterocycles. The first-order valence-corrected chi connectivity index (χ1v) is 8.32. The number of hydrogen-bond donors (Lipinski definition) is 1. The summed E-state index contributed by atoms with van der Waals surface area (Å²) >= 11 is 0. The molecule has 0 aliphatic carbocycles. The molecule has 0 radical (unpaired) electrons. The third-order valence-electron chi connectivity index (χ3n) is 4.25. The van der Waals surface area contributed by atoms with E-state index in [4.69, 9.17) is 4.98 Å². The summed E-state index contributed by atoms with van der Waals surface area (Å²) in [4.78, 5) is 4.74. The number of rotatable bonds is 3. The highest BCUT2D eigenvalue weighted by atomic mass is 19.1. The molecule has 4 aromatic rings. The molecule has 0 atom stereocenters. The minimum atomic E-state index is -0.271. The highest BCUT2D eigenvalue weighted by Crippen LogP contribution is 2.33. The molecule has 126 valence electrons. The molecule has 0 saturated carbocycles. The minimum Gasteiger partial charge on any atom is -0.507 e. The van der Waals surface area contributed by atoms with Crippen LogP contribution in [0.4, 0.5) is 4.39 Å². The number of aromatic nitrogens is 1. The zero-order valence-electron chi connectivity index (χ0n) is 13.9. The molecule has 2 nitrogen and oxygen atoms in total. The first-order chi connectivity index (χ1) is 12.7. The number of halogens is 1. The van der Waals surface area contributed by atoms with Gasteiger partial charge in [0.15, 0.2) is 0 Å². The quantitative estimate of drug-likeness (QED) is 0.501. The van der Waals surface area contributed by atoms with Crippen molar-refractivity contribution in [1.29, 1.82) is 0 Å². The van der Waals surface area contributed by atoms with Crippen LogP contribution in [0.15, 0.2) is 91.0 Å². The van der Waals surface area contributed by atoms with Gasteiger partial charge in [-0.1, -0.05) is 54.6 Å². The topological polar surface area (TPSA) is 33.1 Å². The van der Waals surface area contributed by atoms with E-state index >= 15 is 0 Å². The first-order valence-electron chi connectivity index (χ1n) is 8.32. The Balaban J connectivity index is 1.93. The summed E-state index contributed by atoms with van der Waals surface area (Å²) in [5, 5.41) is 10.2. The molecule has 0 spiro atoms. The standard InChI is InChI=1S/C23H16FNO/c24-19-12-10-16(11-13-19)18-14-21(17-6-2-1-3-7-17)25-22(15-18)20-8-4-5-9-23(20)26/h1-15,26H. The molecule has 0 bridgehead atoms. The maximum atomic E-state index is 13.3. The molecule has 3 aromatic carbocycles. The maximum Gasteiger partial charge on any atom is 0.124 e. The van der Waals surface area contributed by atoms with Gasteiger partial charge in [0.1, 0.15) is 11.6 Å². The van der Waals surface area contributed by atoms with Crippen LogP contribution in [0.3, 0.4) is 0 Å². The van der Waals surface area contributed by atoms with Gasteiger partial charge in [0, 0.05) is 11.1 Å². The monoisotopic (exact) mass is 341 g/mol. The fourth-order valence-corrected chi connectivity index (χ4v) is 2.92. The van der Waals surface area contributed by atoms with E-state index in [2.05, 4.69) is 0 Å². The normalized spacial score (nSPS) is 10.7. The van der Waals surface area contributed by atoms with E-state index in [0.29, 0.717) is 11.3 Å². The van der Waals surface area contributed by atoms with Crippen molar-refractivity contribution in [2.24, 2.45) is 0 Å². The van der Waals surface area contributed by atoms with Gasteiger partial charge in [0.25, 0.3) is 0 Å². The second-order valence-corrected chi connectivity index (χ2v) is 6.02. The van der Waals surface area contributed by atoms with Gasteiger partial charge in [0.05, 0.1) is 11.4 Å². The van der Waals surface area contributed by atoms with Crippen LogP contribution >= 0.6 is 0 Å². The Labute approximate surface area is 151 Å². The molecule has 1 aromatic heterocycles. The summed E-state index contributed by atoms with van der Waals surface area (Å²) in [6.45, 7) is 0. The van der Waals surface area contributed by atoms with E-state index in [1.54, 1.807) is 24.3 Å². The van der Waals surface area contributed by atoms with Gasteiger partial charge in [-0.15, -0.1) is 0 Å². The molecule has 0 amide bonds. The summed E-state index contributed by atoms with van der Waals surface area (Å²) in [7, 11) is 0. The lowest BCUT2D eigenvalue weighted by Crippen LogP contribution is -1.91. The average molecular weight is 341 g/mol. The van der Waals surface area contributed by atoms with E-state index in [1.165, 1.54) is 12.1 Å². The van der Waals surface area contributed by atoms with Gasteiger partial charge in [-0.25, -0.2) is 9.37 Å². The largest absolute Gasteiger partial charge is 0.507 e. The van der Waals surface area contributed by atoms with Crippen LogP contribution in [0, 0.1) is 5.82 Å². The Kier molecular flexibility index (Phi) is 4.20. The van der Waals surface area contributed by atoms with Crippen LogP contribution in [-0.4, -0.2) is 10.1 Å². The van der Waals surface area contributed by atoms with E-state index < -0.39 is 0 Å². The predicted molar refractivity (Wildman–Crippen MR) is 102 cm³/mol. The van der Waals surface area contributed by atoms with Crippen molar-refractivity contribution < 1.29 is 9.50 Å². The number of phenols is 1. The number of phenolic OH excluding ortho intramolecular Hbond substituents is 1. The van der Waals surface area contributed by atoms with Crippen LogP contribution in [0.1, 0.15) is 0 Å². The van der Waals surface area contributed by atoms with Crippen LogP contribution in [-0.2, 0) is 0 Å². The Morgan fingerprint density at radius 2 is 1.27 bits per heavy atom. The molecule has 0 aliphatic heterocycles. The highest BCUT2D eigenvalue weighted by Gasteiger charge is 2.11. The SMILES string of the molecule is Oc1ccccc1-c1cc(-c2ccc(F)cc2)cc(-c2ccccc2)n1. The van der Waals surface area contributed by atoms with Crippen molar-refractivity contribution in [3.63, 3.8) is 0 Å². The Morgan fingerprint density at radius 1 is 0.615 bits per heavy atom. The average Bonchev–Trinajstić information content (AvgIpc) is 2.69. The molecule has 0 aliphatic rings. The fourth-order valence-electron chi connectivity index (χ4n) is 2.92. The van der Waals surface area contributed by atoms with E-state index in [0.717, 1.165) is 22.4 Å². The summed E-state index contributed by atoms with van der Waals surface area (Å²) in [5.74, 6) is -0.0951. The molecule has 4 rings (SSSR count). The number of hydrogen-bond acceptors (Lipinski definition) is 2. The molecule has 1 N–H and O–H groups in total. The van der Waals surface area contributed by atoms with Crippen LogP contribution in [0.2, 0.25) is 0 Å². The molecular formula is C23H16FNO. The summed E-state index contributed by atoms with van der Waals surface area (Å²) < 4.78 is 13.3. The van der Waals surface area contributed by atoms with Crippen molar-refractivity contribution >= 4 is 0 Å². The van der Waals surface area contributed by atoms with Gasteiger partial charge in [-0.2, -0.15) is 0 Å². The highest BCUT2D eigenvalue weighted by molar-refractivity contribution is 5.78. The molecule has 26 heavy (non-hydrogen) atoms. The Hall–Kier alpha value is -3.46. The zero-order valence-corrected chi connectivity index (χ0v) is 13.9. The van der Waals surface area contributed by atoms with E-state index in [-0.39, 0.29) is 11.6 Å². The summed E-state index contributed by atoms with van der Waals surface area (Å²) in [5.41, 5.74) is 4.91. The van der Waals surface area contributed by atoms with Gasteiger partial charge in [-0.05, 0) is 47.5 Å². The lowest BCUT2D eigenvalue weighted by molar-refractivity contribution is 0.477. The zero-order chi connectivity index (χ0) is 17.9. The van der Waals surface area contributed by atoms with Crippen molar-refractivity contribution in [2.75, 3.05) is 0 Å². The van der Waals surface area contributed by atoms with Gasteiger partial charge < -0.3 is 5.11 Å². The first kappa shape index (κ1) is 16.0. The Morgan fingerprint density at radius 3 is 2.00 bits per heavy atom. The molecular weight excluding hydrogens is 325 g/mol. The van der Waals surface area contributed by atoms with Crippen molar-refractivity contribution in [1.82, 2.24) is 4.98 Å². The number of aromatic hydroxyl groups is 1. The number of para-hydroxylation sites is 1. The predicted octanol–water partition coefficient (Wildman–Crippen LogP) is 5.93. The van der Waals surface area contributed by atoms with E-state index in [1.807, 2.05) is 54.6 Å². The van der Waals surface area contributed by atoms with E-state index in [9.17, 15) is 9.50 Å². The fraction of sp³-hybridized carbons (Fsp3) is 0. The Bertz CT molecular complexity index is 1040. The van der Waals surface area contributed by atoms with Crippen molar-refractivity contribution in [3.05, 3.63) is 96.8 Å². The second-order valence-electron chi connectivity index (χ2n) is 6.02. The third kappa shape index (κ3) is 3.20. The number of nitrogens with zero attached hydrogens (tertiary/aromatic N) is 1. The van der Waals surface area contributed by atoms with Crippen LogP contribution < -0.4 is 0 Å². The molecule has 1 heterocycles. The molecule has 0 fully saturated rings. The smallest absolute Gasteiger partial charge is 0.124 e. The van der Waals surface area contributed by atoms with Gasteiger partial charge >= 0.3 is 0 Å². The lowest BCUT2D eigenvalue weighted by Gasteiger charge is -2.11. The summed E-state index contributed by atoms with van der Waals surface area (Å²) in [6, 6.07) is 27.2. The second kappa shape index (κ2) is 6.81. The van der Waals surface area contributed by atoms with Gasteiger partial charge in [-0.3, -0.25) is 0 Å². The van der Waals surface area contributed by atoms with Crippen molar-refractivity contribution in [3.8, 4) is 39.4 Å². The summed E-state index contributed by atoms with van der Waals surface area (Å²) in [6.07, 6.45) is 0.